The van der Waals surface area contributed by atoms with Gasteiger partial charge in [-0.25, -0.2) is 4.39 Å². The Labute approximate surface area is 218 Å². The molecule has 182 valence electrons. The minimum atomic E-state index is -0.962. The highest BCUT2D eigenvalue weighted by Crippen LogP contribution is 2.44. The summed E-state index contributed by atoms with van der Waals surface area (Å²) in [6.45, 7) is 1.69. The fourth-order valence-electron chi connectivity index (χ4n) is 3.77. The standard InChI is InChI=1S/C25H17ClFN3O4S2/c1-13-2-11-18(34-13)21(31)19-20(15-5-7-16(26)8-6-15)30(23(33)22(19)32)24-28-29-25(36-24)35-12-14-3-9-17(27)10-4-14/h2-11,20,32H,12H2,1H3. The van der Waals surface area contributed by atoms with E-state index in [9.17, 15) is 19.1 Å². The molecule has 0 radical (unpaired) electrons. The van der Waals surface area contributed by atoms with Crippen LogP contribution in [-0.4, -0.2) is 27.0 Å². The summed E-state index contributed by atoms with van der Waals surface area (Å²) in [5, 5.41) is 19.8. The number of Topliss-reactive ketones (excluding diaryl/α,β-unsaturated/α-hetero) is 1. The van der Waals surface area contributed by atoms with Gasteiger partial charge in [0.2, 0.25) is 10.9 Å². The van der Waals surface area contributed by atoms with Crippen LogP contribution in [0.5, 0.6) is 0 Å². The van der Waals surface area contributed by atoms with Gasteiger partial charge in [0.15, 0.2) is 15.9 Å². The SMILES string of the molecule is Cc1ccc(C(=O)C2=C(O)C(=O)N(c3nnc(SCc4ccc(F)cc4)s3)C2c2ccc(Cl)cc2)o1. The molecule has 7 nitrogen and oxygen atoms in total. The van der Waals surface area contributed by atoms with E-state index in [4.69, 9.17) is 16.0 Å². The predicted molar refractivity (Wildman–Crippen MR) is 135 cm³/mol. The average molecular weight is 542 g/mol. The number of aliphatic hydroxyl groups excluding tert-OH is 1. The molecule has 5 rings (SSSR count). The summed E-state index contributed by atoms with van der Waals surface area (Å²) in [4.78, 5) is 27.8. The molecular formula is C25H17ClFN3O4S2. The van der Waals surface area contributed by atoms with Gasteiger partial charge in [-0.3, -0.25) is 14.5 Å². The number of aliphatic hydroxyl groups is 1. The average Bonchev–Trinajstić information content (AvgIpc) is 3.58. The van der Waals surface area contributed by atoms with Crippen LogP contribution in [0.25, 0.3) is 0 Å². The van der Waals surface area contributed by atoms with E-state index in [1.807, 2.05) is 0 Å². The first-order valence-corrected chi connectivity index (χ1v) is 12.8. The molecule has 0 spiro atoms. The molecule has 0 saturated carbocycles. The number of rotatable bonds is 7. The van der Waals surface area contributed by atoms with E-state index in [2.05, 4.69) is 10.2 Å². The predicted octanol–water partition coefficient (Wildman–Crippen LogP) is 6.31. The second-order valence-corrected chi connectivity index (χ2v) is 10.5. The largest absolute Gasteiger partial charge is 0.503 e. The Morgan fingerprint density at radius 1 is 1.14 bits per heavy atom. The first-order chi connectivity index (χ1) is 17.3. The van der Waals surface area contributed by atoms with Gasteiger partial charge in [-0.1, -0.05) is 59.0 Å². The Morgan fingerprint density at radius 2 is 1.86 bits per heavy atom. The third-order valence-electron chi connectivity index (χ3n) is 5.48. The van der Waals surface area contributed by atoms with Crippen LogP contribution < -0.4 is 4.90 Å². The number of benzene rings is 2. The molecule has 1 amide bonds. The fourth-order valence-corrected chi connectivity index (χ4v) is 5.72. The van der Waals surface area contributed by atoms with Crippen molar-refractivity contribution in [1.82, 2.24) is 10.2 Å². The van der Waals surface area contributed by atoms with E-state index in [1.54, 1.807) is 49.4 Å². The Morgan fingerprint density at radius 3 is 2.53 bits per heavy atom. The van der Waals surface area contributed by atoms with Crippen molar-refractivity contribution >= 4 is 51.5 Å². The zero-order valence-corrected chi connectivity index (χ0v) is 21.0. The van der Waals surface area contributed by atoms with Gasteiger partial charge in [0.05, 0.1) is 11.6 Å². The van der Waals surface area contributed by atoms with Crippen LogP contribution in [0, 0.1) is 12.7 Å². The van der Waals surface area contributed by atoms with Gasteiger partial charge in [-0.2, -0.15) is 0 Å². The Bertz CT molecular complexity index is 1480. The normalized spacial score (nSPS) is 15.7. The fraction of sp³-hybridized carbons (Fsp3) is 0.120. The third kappa shape index (κ3) is 4.67. The summed E-state index contributed by atoms with van der Waals surface area (Å²) < 4.78 is 19.2. The molecule has 2 aromatic heterocycles. The highest BCUT2D eigenvalue weighted by atomic mass is 35.5. The van der Waals surface area contributed by atoms with Crippen LogP contribution in [0.3, 0.4) is 0 Å². The smallest absolute Gasteiger partial charge is 0.296 e. The lowest BCUT2D eigenvalue weighted by atomic mass is 9.95. The second kappa shape index (κ2) is 9.88. The number of hydrogen-bond acceptors (Lipinski definition) is 8. The number of ketones is 1. The molecule has 1 aliphatic heterocycles. The number of thioether (sulfide) groups is 1. The van der Waals surface area contributed by atoms with Gasteiger partial charge in [0.25, 0.3) is 5.91 Å². The first-order valence-electron chi connectivity index (χ1n) is 10.7. The molecule has 1 atom stereocenters. The van der Waals surface area contributed by atoms with E-state index in [-0.39, 0.29) is 22.3 Å². The number of carbonyl (C=O) groups excluding carboxylic acids is 2. The number of furan rings is 1. The van der Waals surface area contributed by atoms with E-state index >= 15 is 0 Å². The maximum Gasteiger partial charge on any atom is 0.296 e. The summed E-state index contributed by atoms with van der Waals surface area (Å²) in [7, 11) is 0. The third-order valence-corrected chi connectivity index (χ3v) is 7.86. The number of anilines is 1. The maximum absolute atomic E-state index is 13.4. The number of carbonyl (C=O) groups is 2. The molecule has 11 heteroatoms. The zero-order valence-electron chi connectivity index (χ0n) is 18.6. The molecule has 36 heavy (non-hydrogen) atoms. The minimum Gasteiger partial charge on any atom is -0.503 e. The van der Waals surface area contributed by atoms with Crippen LogP contribution in [0.2, 0.25) is 5.02 Å². The molecule has 2 aromatic carbocycles. The van der Waals surface area contributed by atoms with Gasteiger partial charge in [0, 0.05) is 10.8 Å². The number of aromatic nitrogens is 2. The van der Waals surface area contributed by atoms with Gasteiger partial charge in [0.1, 0.15) is 11.6 Å². The van der Waals surface area contributed by atoms with Crippen LogP contribution in [0.15, 0.2) is 80.8 Å². The van der Waals surface area contributed by atoms with Crippen molar-refractivity contribution in [3.05, 3.63) is 105 Å². The van der Waals surface area contributed by atoms with Crippen LogP contribution in [0.1, 0.15) is 33.5 Å². The van der Waals surface area contributed by atoms with Crippen LogP contribution in [0.4, 0.5) is 9.52 Å². The molecule has 1 aliphatic rings. The van der Waals surface area contributed by atoms with Crippen molar-refractivity contribution in [3.8, 4) is 0 Å². The Balaban J connectivity index is 1.48. The van der Waals surface area contributed by atoms with Crippen LogP contribution in [-0.2, 0) is 10.5 Å². The van der Waals surface area contributed by atoms with Crippen molar-refractivity contribution < 1.29 is 23.5 Å². The van der Waals surface area contributed by atoms with Gasteiger partial charge >= 0.3 is 0 Å². The van der Waals surface area contributed by atoms with Crippen LogP contribution >= 0.6 is 34.7 Å². The van der Waals surface area contributed by atoms with Gasteiger partial charge in [-0.15, -0.1) is 10.2 Å². The highest BCUT2D eigenvalue weighted by molar-refractivity contribution is 8.00. The molecule has 1 N–H and O–H groups in total. The zero-order chi connectivity index (χ0) is 25.4. The topological polar surface area (TPSA) is 96.5 Å². The summed E-state index contributed by atoms with van der Waals surface area (Å²) in [6, 6.07) is 14.9. The highest BCUT2D eigenvalue weighted by Gasteiger charge is 2.46. The summed E-state index contributed by atoms with van der Waals surface area (Å²) >= 11 is 8.58. The van der Waals surface area contributed by atoms with E-state index in [0.29, 0.717) is 26.4 Å². The van der Waals surface area contributed by atoms with Crippen molar-refractivity contribution in [2.24, 2.45) is 0 Å². The second-order valence-electron chi connectivity index (χ2n) is 7.90. The lowest BCUT2D eigenvalue weighted by Crippen LogP contribution is -2.31. The summed E-state index contributed by atoms with van der Waals surface area (Å²) in [5.74, 6) is -1.31. The molecule has 0 fully saturated rings. The molecule has 0 aliphatic carbocycles. The number of nitrogens with zero attached hydrogens (tertiary/aromatic N) is 3. The number of amides is 1. The first kappa shape index (κ1) is 24.2. The van der Waals surface area contributed by atoms with E-state index in [1.165, 1.54) is 34.9 Å². The molecular weight excluding hydrogens is 525 g/mol. The number of halogens is 2. The van der Waals surface area contributed by atoms with Gasteiger partial charge in [-0.05, 0) is 54.4 Å². The van der Waals surface area contributed by atoms with Crippen molar-refractivity contribution in [3.63, 3.8) is 0 Å². The molecule has 4 aromatic rings. The summed E-state index contributed by atoms with van der Waals surface area (Å²) in [6.07, 6.45) is 0. The Kier molecular flexibility index (Phi) is 6.65. The van der Waals surface area contributed by atoms with E-state index < -0.39 is 23.5 Å². The number of hydrogen-bond donors (Lipinski definition) is 1. The van der Waals surface area contributed by atoms with Crippen molar-refractivity contribution in [2.75, 3.05) is 4.90 Å². The molecule has 3 heterocycles. The lowest BCUT2D eigenvalue weighted by molar-refractivity contribution is -0.117. The molecule has 1 unspecified atom stereocenters. The monoisotopic (exact) mass is 541 g/mol. The van der Waals surface area contributed by atoms with Crippen molar-refractivity contribution in [1.29, 1.82) is 0 Å². The summed E-state index contributed by atoms with van der Waals surface area (Å²) in [5.41, 5.74) is 1.34. The maximum atomic E-state index is 13.4. The van der Waals surface area contributed by atoms with E-state index in [0.717, 1.165) is 16.9 Å². The number of aryl methyl sites for hydroxylation is 1. The quantitative estimate of drug-likeness (QED) is 0.166. The molecule has 0 bridgehead atoms. The molecule has 0 saturated heterocycles. The van der Waals surface area contributed by atoms with Gasteiger partial charge < -0.3 is 9.52 Å². The Hall–Kier alpha value is -3.47. The minimum absolute atomic E-state index is 0.00969. The lowest BCUT2D eigenvalue weighted by Gasteiger charge is -2.23. The van der Waals surface area contributed by atoms with Crippen molar-refractivity contribution in [2.45, 2.75) is 23.1 Å².